The number of H-pyrrole nitrogens is 1. The number of benzene rings is 1. The Hall–Kier alpha value is -3.23. The summed E-state index contributed by atoms with van der Waals surface area (Å²) in [4.78, 5) is 13.3. The Bertz CT molecular complexity index is 1030. The van der Waals surface area contributed by atoms with Crippen molar-refractivity contribution in [3.63, 3.8) is 0 Å². The Morgan fingerprint density at radius 1 is 1.33 bits per heavy atom. The lowest BCUT2D eigenvalue weighted by molar-refractivity contribution is -0.129. The molecule has 2 aromatic heterocycles. The molecule has 0 bridgehead atoms. The highest BCUT2D eigenvalue weighted by Gasteiger charge is 2.25. The van der Waals surface area contributed by atoms with Gasteiger partial charge >= 0.3 is 0 Å². The van der Waals surface area contributed by atoms with Crippen LogP contribution in [-0.2, 0) is 24.8 Å². The van der Waals surface area contributed by atoms with Crippen molar-refractivity contribution in [1.82, 2.24) is 24.9 Å². The molecule has 0 spiro atoms. The van der Waals surface area contributed by atoms with E-state index in [1.807, 2.05) is 0 Å². The number of aromatic amines is 1. The molecule has 0 radical (unpaired) electrons. The number of carbonyl (C=O) groups is 1. The standard InChI is InChI=1S/C18H18F2N6O/c1-10(27)26-6-5-15-13(9-26)18(24-23-15)22-17-14(19)4-3-12(16(17)20)11-7-21-25(2)8-11/h3-4,7-8H,5-6,9H2,1-2H3,(H2,22,23,24). The second kappa shape index (κ2) is 6.49. The van der Waals surface area contributed by atoms with Gasteiger partial charge in [-0.3, -0.25) is 14.6 Å². The van der Waals surface area contributed by atoms with Gasteiger partial charge < -0.3 is 10.2 Å². The van der Waals surface area contributed by atoms with Crippen molar-refractivity contribution in [3.05, 3.63) is 47.4 Å². The van der Waals surface area contributed by atoms with Crippen LogP contribution in [0.1, 0.15) is 18.2 Å². The van der Waals surface area contributed by atoms with Crippen LogP contribution in [0.3, 0.4) is 0 Å². The molecule has 0 atom stereocenters. The Morgan fingerprint density at radius 2 is 2.15 bits per heavy atom. The summed E-state index contributed by atoms with van der Waals surface area (Å²) < 4.78 is 30.9. The second-order valence-corrected chi connectivity index (χ2v) is 6.53. The van der Waals surface area contributed by atoms with E-state index >= 15 is 4.39 Å². The maximum absolute atomic E-state index is 15.0. The number of nitrogens with one attached hydrogen (secondary N) is 2. The van der Waals surface area contributed by atoms with Crippen LogP contribution in [0.25, 0.3) is 11.1 Å². The Morgan fingerprint density at radius 3 is 2.85 bits per heavy atom. The number of anilines is 2. The van der Waals surface area contributed by atoms with Crippen LogP contribution in [0.4, 0.5) is 20.3 Å². The average molecular weight is 372 g/mol. The Kier molecular flexibility index (Phi) is 4.14. The van der Waals surface area contributed by atoms with Gasteiger partial charge in [0.1, 0.15) is 11.5 Å². The molecule has 3 heterocycles. The lowest BCUT2D eigenvalue weighted by Crippen LogP contribution is -2.34. The smallest absolute Gasteiger partial charge is 0.219 e. The van der Waals surface area contributed by atoms with Crippen molar-refractivity contribution in [2.24, 2.45) is 7.05 Å². The highest BCUT2D eigenvalue weighted by molar-refractivity contribution is 5.75. The van der Waals surface area contributed by atoms with Crippen molar-refractivity contribution < 1.29 is 13.6 Å². The lowest BCUT2D eigenvalue weighted by atomic mass is 10.1. The van der Waals surface area contributed by atoms with E-state index in [1.54, 1.807) is 22.8 Å². The first-order valence-electron chi connectivity index (χ1n) is 8.49. The lowest BCUT2D eigenvalue weighted by Gasteiger charge is -2.26. The molecule has 9 heteroatoms. The summed E-state index contributed by atoms with van der Waals surface area (Å²) in [5.74, 6) is -1.18. The zero-order chi connectivity index (χ0) is 19.1. The van der Waals surface area contributed by atoms with E-state index in [0.717, 1.165) is 11.3 Å². The number of aromatic nitrogens is 4. The molecule has 0 fully saturated rings. The molecule has 7 nitrogen and oxygen atoms in total. The first-order chi connectivity index (χ1) is 12.9. The largest absolute Gasteiger partial charge is 0.338 e. The van der Waals surface area contributed by atoms with Gasteiger partial charge in [-0.05, 0) is 12.1 Å². The highest BCUT2D eigenvalue weighted by atomic mass is 19.1. The topological polar surface area (TPSA) is 78.8 Å². The zero-order valence-electron chi connectivity index (χ0n) is 14.9. The molecule has 2 N–H and O–H groups in total. The molecule has 0 saturated carbocycles. The van der Waals surface area contributed by atoms with Gasteiger partial charge in [-0.2, -0.15) is 10.2 Å². The fourth-order valence-electron chi connectivity index (χ4n) is 3.24. The van der Waals surface area contributed by atoms with Crippen molar-refractivity contribution in [2.75, 3.05) is 11.9 Å². The fraction of sp³-hybridized carbons (Fsp3) is 0.278. The van der Waals surface area contributed by atoms with Crippen molar-refractivity contribution in [1.29, 1.82) is 0 Å². The highest BCUT2D eigenvalue weighted by Crippen LogP contribution is 2.33. The van der Waals surface area contributed by atoms with Gasteiger partial charge in [-0.1, -0.05) is 0 Å². The van der Waals surface area contributed by atoms with E-state index in [0.29, 0.717) is 30.9 Å². The molecule has 1 aliphatic rings. The number of nitrogens with zero attached hydrogens (tertiary/aromatic N) is 4. The third-order valence-electron chi connectivity index (χ3n) is 4.73. The molecule has 0 unspecified atom stereocenters. The minimum atomic E-state index is -0.726. The van der Waals surface area contributed by atoms with Crippen LogP contribution in [0.5, 0.6) is 0 Å². The third-order valence-corrected chi connectivity index (χ3v) is 4.73. The van der Waals surface area contributed by atoms with Gasteiger partial charge in [-0.15, -0.1) is 0 Å². The summed E-state index contributed by atoms with van der Waals surface area (Å²) in [5, 5.41) is 13.8. The molecule has 3 aromatic rings. The third kappa shape index (κ3) is 3.05. The Labute approximate surface area is 154 Å². The molecule has 4 rings (SSSR count). The van der Waals surface area contributed by atoms with E-state index in [-0.39, 0.29) is 17.2 Å². The normalized spacial score (nSPS) is 13.6. The van der Waals surface area contributed by atoms with Gasteiger partial charge in [0.2, 0.25) is 5.91 Å². The minimum absolute atomic E-state index is 0.0521. The van der Waals surface area contributed by atoms with Gasteiger partial charge in [-0.25, -0.2) is 8.78 Å². The maximum atomic E-state index is 15.0. The number of rotatable bonds is 3. The summed E-state index contributed by atoms with van der Waals surface area (Å²) in [6.07, 6.45) is 3.78. The molecular formula is C18H18F2N6O. The van der Waals surface area contributed by atoms with E-state index in [2.05, 4.69) is 20.6 Å². The average Bonchev–Trinajstić information content (AvgIpc) is 3.24. The van der Waals surface area contributed by atoms with Crippen LogP contribution in [0.15, 0.2) is 24.5 Å². The molecule has 1 aromatic carbocycles. The number of carbonyl (C=O) groups excluding carboxylic acids is 1. The minimum Gasteiger partial charge on any atom is -0.338 e. The van der Waals surface area contributed by atoms with Crippen LogP contribution in [0.2, 0.25) is 0 Å². The number of amides is 1. The summed E-state index contributed by atoms with van der Waals surface area (Å²) in [7, 11) is 1.72. The maximum Gasteiger partial charge on any atom is 0.219 e. The number of hydrogen-bond acceptors (Lipinski definition) is 4. The first-order valence-corrected chi connectivity index (χ1v) is 8.49. The molecular weight excluding hydrogens is 354 g/mol. The monoisotopic (exact) mass is 372 g/mol. The zero-order valence-corrected chi connectivity index (χ0v) is 14.9. The predicted octanol–water partition coefficient (Wildman–Crippen LogP) is 2.74. The van der Waals surface area contributed by atoms with E-state index in [4.69, 9.17) is 0 Å². The number of aryl methyl sites for hydroxylation is 1. The van der Waals surface area contributed by atoms with E-state index in [9.17, 15) is 9.18 Å². The summed E-state index contributed by atoms with van der Waals surface area (Å²) in [5.41, 5.74) is 2.10. The van der Waals surface area contributed by atoms with Gasteiger partial charge in [0.25, 0.3) is 0 Å². The number of halogens is 2. The molecule has 140 valence electrons. The summed E-state index contributed by atoms with van der Waals surface area (Å²) >= 11 is 0. The molecule has 27 heavy (non-hydrogen) atoms. The Balaban J connectivity index is 1.70. The van der Waals surface area contributed by atoms with Crippen molar-refractivity contribution in [3.8, 4) is 11.1 Å². The quantitative estimate of drug-likeness (QED) is 0.741. The van der Waals surface area contributed by atoms with Crippen LogP contribution in [-0.4, -0.2) is 37.3 Å². The number of fused-ring (bicyclic) bond motifs is 1. The predicted molar refractivity (Wildman–Crippen MR) is 95.2 cm³/mol. The van der Waals surface area contributed by atoms with Crippen LogP contribution in [0, 0.1) is 11.6 Å². The van der Waals surface area contributed by atoms with Crippen molar-refractivity contribution >= 4 is 17.4 Å². The summed E-state index contributed by atoms with van der Waals surface area (Å²) in [6.45, 7) is 2.42. The second-order valence-electron chi connectivity index (χ2n) is 6.53. The first kappa shape index (κ1) is 17.2. The van der Waals surface area contributed by atoms with Crippen molar-refractivity contribution in [2.45, 2.75) is 19.9 Å². The van der Waals surface area contributed by atoms with E-state index in [1.165, 1.54) is 25.3 Å². The molecule has 1 amide bonds. The summed E-state index contributed by atoms with van der Waals surface area (Å²) in [6, 6.07) is 2.58. The van der Waals surface area contributed by atoms with Gasteiger partial charge in [0.05, 0.1) is 12.7 Å². The van der Waals surface area contributed by atoms with Crippen LogP contribution >= 0.6 is 0 Å². The van der Waals surface area contributed by atoms with Gasteiger partial charge in [0.15, 0.2) is 11.6 Å². The molecule has 1 aliphatic heterocycles. The van der Waals surface area contributed by atoms with E-state index < -0.39 is 11.6 Å². The molecule has 0 saturated heterocycles. The van der Waals surface area contributed by atoms with Crippen LogP contribution < -0.4 is 5.32 Å². The van der Waals surface area contributed by atoms with Gasteiger partial charge in [0, 0.05) is 55.5 Å². The fourth-order valence-corrected chi connectivity index (χ4v) is 3.24. The number of hydrogen-bond donors (Lipinski definition) is 2. The molecule has 0 aliphatic carbocycles. The SMILES string of the molecule is CC(=O)N1CCc2[nH]nc(Nc3c(F)ccc(-c4cnn(C)c4)c3F)c2C1.